The van der Waals surface area contributed by atoms with Gasteiger partial charge in [-0.25, -0.2) is 4.99 Å². The second-order valence-corrected chi connectivity index (χ2v) is 6.49. The summed E-state index contributed by atoms with van der Waals surface area (Å²) in [5.74, 6) is 0.413. The SMILES string of the molecule is Cc1cccc(NC(N)=NCc2ccc(COCc3ccccc3)cc2)c1. The molecule has 0 fully saturated rings. The Labute approximate surface area is 160 Å². The zero-order chi connectivity index (χ0) is 18.9. The van der Waals surface area contributed by atoms with Crippen molar-refractivity contribution >= 4 is 11.6 Å². The largest absolute Gasteiger partial charge is 0.372 e. The first kappa shape index (κ1) is 18.7. The Bertz CT molecular complexity index is 874. The maximum Gasteiger partial charge on any atom is 0.193 e. The molecule has 4 heteroatoms. The van der Waals surface area contributed by atoms with Crippen LogP contribution in [0.2, 0.25) is 0 Å². The van der Waals surface area contributed by atoms with E-state index in [-0.39, 0.29) is 0 Å². The number of benzene rings is 3. The Hall–Kier alpha value is -3.11. The molecule has 3 N–H and O–H groups in total. The van der Waals surface area contributed by atoms with Crippen LogP contribution >= 0.6 is 0 Å². The van der Waals surface area contributed by atoms with Crippen LogP contribution in [0.15, 0.2) is 83.9 Å². The molecular weight excluding hydrogens is 334 g/mol. The Balaban J connectivity index is 1.47. The number of anilines is 1. The number of hydrogen-bond donors (Lipinski definition) is 2. The highest BCUT2D eigenvalue weighted by Crippen LogP contribution is 2.11. The van der Waals surface area contributed by atoms with Crippen molar-refractivity contribution in [1.29, 1.82) is 0 Å². The Morgan fingerprint density at radius 2 is 1.52 bits per heavy atom. The summed E-state index contributed by atoms with van der Waals surface area (Å²) in [6.45, 7) is 3.79. The van der Waals surface area contributed by atoms with Crippen LogP contribution in [-0.4, -0.2) is 5.96 Å². The van der Waals surface area contributed by atoms with Gasteiger partial charge in [0.05, 0.1) is 19.8 Å². The second-order valence-electron chi connectivity index (χ2n) is 6.49. The van der Waals surface area contributed by atoms with Gasteiger partial charge in [0.25, 0.3) is 0 Å². The van der Waals surface area contributed by atoms with Crippen molar-refractivity contribution in [2.75, 3.05) is 5.32 Å². The highest BCUT2D eigenvalue weighted by atomic mass is 16.5. The van der Waals surface area contributed by atoms with Gasteiger partial charge in [0, 0.05) is 5.69 Å². The molecule has 0 amide bonds. The van der Waals surface area contributed by atoms with Crippen LogP contribution in [0.5, 0.6) is 0 Å². The first-order chi connectivity index (χ1) is 13.2. The molecule has 0 unspecified atom stereocenters. The van der Waals surface area contributed by atoms with Crippen molar-refractivity contribution in [3.8, 4) is 0 Å². The summed E-state index contributed by atoms with van der Waals surface area (Å²) in [4.78, 5) is 4.40. The molecule has 0 aromatic heterocycles. The van der Waals surface area contributed by atoms with Gasteiger partial charge in [-0.1, -0.05) is 66.7 Å². The van der Waals surface area contributed by atoms with E-state index in [9.17, 15) is 0 Å². The number of aliphatic imine (C=N–C) groups is 1. The predicted octanol–water partition coefficient (Wildman–Crippen LogP) is 4.64. The maximum absolute atomic E-state index is 5.97. The molecule has 0 aliphatic heterocycles. The van der Waals surface area contributed by atoms with Crippen LogP contribution in [0.1, 0.15) is 22.3 Å². The van der Waals surface area contributed by atoms with Crippen LogP contribution in [-0.2, 0) is 24.5 Å². The average molecular weight is 359 g/mol. The van der Waals surface area contributed by atoms with Gasteiger partial charge in [0.15, 0.2) is 5.96 Å². The molecule has 3 aromatic rings. The lowest BCUT2D eigenvalue weighted by Crippen LogP contribution is -2.22. The lowest BCUT2D eigenvalue weighted by atomic mass is 10.1. The van der Waals surface area contributed by atoms with Crippen molar-refractivity contribution in [1.82, 2.24) is 0 Å². The van der Waals surface area contributed by atoms with Gasteiger partial charge in [0.1, 0.15) is 0 Å². The Morgan fingerprint density at radius 3 is 2.22 bits per heavy atom. The van der Waals surface area contributed by atoms with Gasteiger partial charge in [0.2, 0.25) is 0 Å². The third-order valence-corrected chi connectivity index (χ3v) is 4.13. The molecule has 0 saturated carbocycles. The summed E-state index contributed by atoms with van der Waals surface area (Å²) < 4.78 is 5.76. The minimum absolute atomic E-state index is 0.413. The minimum Gasteiger partial charge on any atom is -0.372 e. The molecular formula is C23H25N3O. The smallest absolute Gasteiger partial charge is 0.193 e. The summed E-state index contributed by atoms with van der Waals surface area (Å²) in [6.07, 6.45) is 0. The molecule has 3 aromatic carbocycles. The molecule has 0 aliphatic carbocycles. The summed E-state index contributed by atoms with van der Waals surface area (Å²) >= 11 is 0. The van der Waals surface area contributed by atoms with E-state index < -0.39 is 0 Å². The van der Waals surface area contributed by atoms with E-state index in [0.29, 0.717) is 25.7 Å². The van der Waals surface area contributed by atoms with Crippen molar-refractivity contribution in [2.45, 2.75) is 26.7 Å². The van der Waals surface area contributed by atoms with Crippen molar-refractivity contribution in [2.24, 2.45) is 10.7 Å². The molecule has 0 saturated heterocycles. The lowest BCUT2D eigenvalue weighted by molar-refractivity contribution is 0.107. The molecule has 0 radical (unpaired) electrons. The zero-order valence-electron chi connectivity index (χ0n) is 15.6. The molecule has 3 rings (SSSR count). The number of aryl methyl sites for hydroxylation is 1. The second kappa shape index (κ2) is 9.55. The van der Waals surface area contributed by atoms with Gasteiger partial charge in [-0.05, 0) is 41.3 Å². The number of nitrogens with two attached hydrogens (primary N) is 1. The molecule has 0 aliphatic rings. The quantitative estimate of drug-likeness (QED) is 0.477. The number of hydrogen-bond acceptors (Lipinski definition) is 2. The molecule has 27 heavy (non-hydrogen) atoms. The number of guanidine groups is 1. The third-order valence-electron chi connectivity index (χ3n) is 4.13. The highest BCUT2D eigenvalue weighted by Gasteiger charge is 1.98. The highest BCUT2D eigenvalue weighted by molar-refractivity contribution is 5.92. The first-order valence-electron chi connectivity index (χ1n) is 9.02. The van der Waals surface area contributed by atoms with Gasteiger partial charge < -0.3 is 15.8 Å². The van der Waals surface area contributed by atoms with Crippen LogP contribution < -0.4 is 11.1 Å². The lowest BCUT2D eigenvalue weighted by Gasteiger charge is -2.07. The number of nitrogens with zero attached hydrogens (tertiary/aromatic N) is 1. The zero-order valence-corrected chi connectivity index (χ0v) is 15.6. The average Bonchev–Trinajstić information content (AvgIpc) is 2.68. The van der Waals surface area contributed by atoms with Gasteiger partial charge in [-0.3, -0.25) is 0 Å². The van der Waals surface area contributed by atoms with E-state index in [4.69, 9.17) is 10.5 Å². The molecule has 138 valence electrons. The van der Waals surface area contributed by atoms with E-state index in [1.54, 1.807) is 0 Å². The first-order valence-corrected chi connectivity index (χ1v) is 9.02. The topological polar surface area (TPSA) is 59.6 Å². The monoisotopic (exact) mass is 359 g/mol. The summed E-state index contributed by atoms with van der Waals surface area (Å²) in [5.41, 5.74) is 11.5. The van der Waals surface area contributed by atoms with E-state index in [1.165, 1.54) is 11.1 Å². The van der Waals surface area contributed by atoms with Crippen molar-refractivity contribution in [3.05, 3.63) is 101 Å². The van der Waals surface area contributed by atoms with Crippen LogP contribution in [0.25, 0.3) is 0 Å². The normalized spacial score (nSPS) is 11.4. The minimum atomic E-state index is 0.413. The van der Waals surface area contributed by atoms with Crippen LogP contribution in [0, 0.1) is 6.92 Å². The number of ether oxygens (including phenoxy) is 1. The van der Waals surface area contributed by atoms with Crippen LogP contribution in [0.4, 0.5) is 5.69 Å². The molecule has 0 bridgehead atoms. The Morgan fingerprint density at radius 1 is 0.852 bits per heavy atom. The maximum atomic E-state index is 5.97. The molecule has 0 spiro atoms. The number of nitrogens with one attached hydrogen (secondary N) is 1. The third kappa shape index (κ3) is 6.28. The molecule has 4 nitrogen and oxygen atoms in total. The fourth-order valence-corrected chi connectivity index (χ4v) is 2.69. The van der Waals surface area contributed by atoms with E-state index in [1.807, 2.05) is 49.4 Å². The fraction of sp³-hybridized carbons (Fsp3) is 0.174. The summed E-state index contributed by atoms with van der Waals surface area (Å²) in [5, 5.41) is 3.12. The molecule has 0 atom stereocenters. The van der Waals surface area contributed by atoms with Gasteiger partial charge in [-0.15, -0.1) is 0 Å². The molecule has 0 heterocycles. The predicted molar refractivity (Wildman–Crippen MR) is 112 cm³/mol. The summed E-state index contributed by atoms with van der Waals surface area (Å²) in [6, 6.07) is 26.5. The standard InChI is InChI=1S/C23H25N3O/c1-18-6-5-9-22(14-18)26-23(24)25-15-19-10-12-21(13-11-19)17-27-16-20-7-3-2-4-8-20/h2-14H,15-17H2,1H3,(H3,24,25,26). The van der Waals surface area contributed by atoms with Crippen molar-refractivity contribution < 1.29 is 4.74 Å². The summed E-state index contributed by atoms with van der Waals surface area (Å²) in [7, 11) is 0. The van der Waals surface area contributed by atoms with Gasteiger partial charge in [-0.2, -0.15) is 0 Å². The van der Waals surface area contributed by atoms with E-state index in [2.05, 4.69) is 46.7 Å². The number of rotatable bonds is 7. The van der Waals surface area contributed by atoms with Crippen molar-refractivity contribution in [3.63, 3.8) is 0 Å². The fourth-order valence-electron chi connectivity index (χ4n) is 2.69. The Kier molecular flexibility index (Phi) is 6.61. The van der Waals surface area contributed by atoms with E-state index in [0.717, 1.165) is 16.8 Å². The van der Waals surface area contributed by atoms with Gasteiger partial charge >= 0.3 is 0 Å². The van der Waals surface area contributed by atoms with Crippen LogP contribution in [0.3, 0.4) is 0 Å². The van der Waals surface area contributed by atoms with E-state index >= 15 is 0 Å².